The Labute approximate surface area is 129 Å². The lowest BCUT2D eigenvalue weighted by molar-refractivity contribution is -0.116. The number of carbonyl (C=O) groups excluding carboxylic acids is 1. The maximum atomic E-state index is 12.0. The van der Waals surface area contributed by atoms with Crippen LogP contribution in [-0.4, -0.2) is 20.7 Å². The van der Waals surface area contributed by atoms with Crippen molar-refractivity contribution in [1.82, 2.24) is 14.8 Å². The summed E-state index contributed by atoms with van der Waals surface area (Å²) in [5, 5.41) is 8.36. The zero-order valence-electron chi connectivity index (χ0n) is 12.9. The Hall–Kier alpha value is -2.56. The molecule has 22 heavy (non-hydrogen) atoms. The van der Waals surface area contributed by atoms with Crippen LogP contribution in [0.15, 0.2) is 36.5 Å². The number of nitrogens with one attached hydrogen (secondary N) is 2. The third-order valence-electron chi connectivity index (χ3n) is 3.79. The molecule has 0 atom stereocenters. The number of aryl methyl sites for hydroxylation is 3. The topological polar surface area (TPSA) is 62.7 Å². The number of anilines is 1. The van der Waals surface area contributed by atoms with Crippen LogP contribution in [-0.2, 0) is 18.3 Å². The van der Waals surface area contributed by atoms with Crippen LogP contribution in [0.3, 0.4) is 0 Å². The number of aromatic amines is 1. The van der Waals surface area contributed by atoms with Gasteiger partial charge in [0.1, 0.15) is 5.82 Å². The zero-order valence-corrected chi connectivity index (χ0v) is 12.9. The fraction of sp³-hybridized carbons (Fsp3) is 0.294. The molecule has 114 valence electrons. The molecule has 0 bridgehead atoms. The normalized spacial score (nSPS) is 11.0. The summed E-state index contributed by atoms with van der Waals surface area (Å²) in [6.07, 6.45) is 4.25. The summed E-state index contributed by atoms with van der Waals surface area (Å²) in [4.78, 5) is 15.3. The van der Waals surface area contributed by atoms with Crippen molar-refractivity contribution in [2.75, 3.05) is 5.32 Å². The zero-order chi connectivity index (χ0) is 15.5. The van der Waals surface area contributed by atoms with Crippen LogP contribution in [0, 0.1) is 6.92 Å². The molecule has 0 aliphatic rings. The molecule has 2 heterocycles. The fourth-order valence-corrected chi connectivity index (χ4v) is 2.71. The second-order valence-electron chi connectivity index (χ2n) is 5.56. The lowest BCUT2D eigenvalue weighted by Gasteiger charge is -2.05. The number of amides is 1. The molecule has 0 aliphatic carbocycles. The number of fused-ring (bicyclic) bond motifs is 1. The molecule has 2 N–H and O–H groups in total. The number of para-hydroxylation sites is 1. The molecule has 0 fully saturated rings. The van der Waals surface area contributed by atoms with E-state index in [1.54, 1.807) is 4.68 Å². The molecule has 3 aromatic rings. The number of hydrogen-bond donors (Lipinski definition) is 2. The SMILES string of the molecule is Cc1cc(NC(=O)CCCc2c[nH]c3ccccc23)n(C)n1. The van der Waals surface area contributed by atoms with Crippen molar-refractivity contribution in [3.63, 3.8) is 0 Å². The number of aromatic nitrogens is 3. The molecule has 2 aromatic heterocycles. The second kappa shape index (κ2) is 6.05. The summed E-state index contributed by atoms with van der Waals surface area (Å²) in [6, 6.07) is 10.1. The van der Waals surface area contributed by atoms with Gasteiger partial charge in [0.05, 0.1) is 5.69 Å². The number of hydrogen-bond acceptors (Lipinski definition) is 2. The van der Waals surface area contributed by atoms with Crippen molar-refractivity contribution < 1.29 is 4.79 Å². The predicted molar refractivity (Wildman–Crippen MR) is 87.8 cm³/mol. The van der Waals surface area contributed by atoms with Gasteiger partial charge in [-0.3, -0.25) is 9.48 Å². The number of nitrogens with zero attached hydrogens (tertiary/aromatic N) is 2. The van der Waals surface area contributed by atoms with Gasteiger partial charge in [0.2, 0.25) is 5.91 Å². The van der Waals surface area contributed by atoms with Gasteiger partial charge in [-0.05, 0) is 31.4 Å². The van der Waals surface area contributed by atoms with Crippen LogP contribution >= 0.6 is 0 Å². The highest BCUT2D eigenvalue weighted by atomic mass is 16.1. The van der Waals surface area contributed by atoms with E-state index in [4.69, 9.17) is 0 Å². The minimum Gasteiger partial charge on any atom is -0.361 e. The molecule has 0 spiro atoms. The molecule has 0 saturated carbocycles. The van der Waals surface area contributed by atoms with Crippen LogP contribution in [0.5, 0.6) is 0 Å². The molecule has 0 unspecified atom stereocenters. The highest BCUT2D eigenvalue weighted by Gasteiger charge is 2.08. The van der Waals surface area contributed by atoms with Crippen LogP contribution in [0.25, 0.3) is 10.9 Å². The number of H-pyrrole nitrogens is 1. The van der Waals surface area contributed by atoms with Crippen molar-refractivity contribution >= 4 is 22.6 Å². The average Bonchev–Trinajstić information content (AvgIpc) is 3.03. The summed E-state index contributed by atoms with van der Waals surface area (Å²) >= 11 is 0. The van der Waals surface area contributed by atoms with Crippen molar-refractivity contribution in [2.45, 2.75) is 26.2 Å². The minimum absolute atomic E-state index is 0.0304. The van der Waals surface area contributed by atoms with E-state index in [1.165, 1.54) is 10.9 Å². The van der Waals surface area contributed by atoms with Crippen molar-refractivity contribution in [3.05, 3.63) is 47.8 Å². The monoisotopic (exact) mass is 296 g/mol. The number of benzene rings is 1. The summed E-state index contributed by atoms with van der Waals surface area (Å²) in [5.41, 5.74) is 3.31. The van der Waals surface area contributed by atoms with Gasteiger partial charge in [0.25, 0.3) is 0 Å². The lowest BCUT2D eigenvalue weighted by atomic mass is 10.1. The largest absolute Gasteiger partial charge is 0.361 e. The first-order chi connectivity index (χ1) is 10.6. The van der Waals surface area contributed by atoms with Gasteiger partial charge in [0.15, 0.2) is 0 Å². The first-order valence-corrected chi connectivity index (χ1v) is 7.49. The maximum absolute atomic E-state index is 12.0. The molecule has 0 aliphatic heterocycles. The quantitative estimate of drug-likeness (QED) is 0.759. The Morgan fingerprint density at radius 1 is 1.36 bits per heavy atom. The van der Waals surface area contributed by atoms with E-state index in [9.17, 15) is 4.79 Å². The maximum Gasteiger partial charge on any atom is 0.225 e. The van der Waals surface area contributed by atoms with E-state index in [1.807, 2.05) is 38.4 Å². The molecule has 0 saturated heterocycles. The van der Waals surface area contributed by atoms with Crippen molar-refractivity contribution in [2.24, 2.45) is 7.05 Å². The summed E-state index contributed by atoms with van der Waals surface area (Å²) in [7, 11) is 1.83. The first-order valence-electron chi connectivity index (χ1n) is 7.49. The molecular formula is C17H20N4O. The van der Waals surface area contributed by atoms with E-state index < -0.39 is 0 Å². The summed E-state index contributed by atoms with van der Waals surface area (Å²) < 4.78 is 1.69. The van der Waals surface area contributed by atoms with E-state index >= 15 is 0 Å². The highest BCUT2D eigenvalue weighted by Crippen LogP contribution is 2.19. The molecule has 1 amide bonds. The Morgan fingerprint density at radius 3 is 2.95 bits per heavy atom. The van der Waals surface area contributed by atoms with Crippen molar-refractivity contribution in [3.8, 4) is 0 Å². The predicted octanol–water partition coefficient (Wildman–Crippen LogP) is 3.17. The molecule has 3 rings (SSSR count). The lowest BCUT2D eigenvalue weighted by Crippen LogP contribution is -2.14. The Balaban J connectivity index is 1.54. The number of rotatable bonds is 5. The summed E-state index contributed by atoms with van der Waals surface area (Å²) in [5.74, 6) is 0.775. The Bertz CT molecular complexity index is 800. The molecule has 5 heteroatoms. The minimum atomic E-state index is 0.0304. The molecule has 5 nitrogen and oxygen atoms in total. The highest BCUT2D eigenvalue weighted by molar-refractivity contribution is 5.90. The van der Waals surface area contributed by atoms with Gasteiger partial charge < -0.3 is 10.3 Å². The van der Waals surface area contributed by atoms with Gasteiger partial charge in [-0.2, -0.15) is 5.10 Å². The Morgan fingerprint density at radius 2 is 2.18 bits per heavy atom. The average molecular weight is 296 g/mol. The third-order valence-corrected chi connectivity index (χ3v) is 3.79. The third kappa shape index (κ3) is 3.03. The van der Waals surface area contributed by atoms with Crippen LogP contribution in [0.2, 0.25) is 0 Å². The van der Waals surface area contributed by atoms with Gasteiger partial charge in [-0.1, -0.05) is 18.2 Å². The second-order valence-corrected chi connectivity index (χ2v) is 5.56. The molecule has 1 aromatic carbocycles. The molecule has 0 radical (unpaired) electrons. The van der Waals surface area contributed by atoms with E-state index in [0.29, 0.717) is 6.42 Å². The van der Waals surface area contributed by atoms with Crippen LogP contribution in [0.1, 0.15) is 24.1 Å². The summed E-state index contributed by atoms with van der Waals surface area (Å²) in [6.45, 7) is 1.91. The smallest absolute Gasteiger partial charge is 0.225 e. The fourth-order valence-electron chi connectivity index (χ4n) is 2.71. The van der Waals surface area contributed by atoms with Crippen LogP contribution < -0.4 is 5.32 Å². The van der Waals surface area contributed by atoms with E-state index in [0.717, 1.165) is 29.9 Å². The van der Waals surface area contributed by atoms with Crippen molar-refractivity contribution in [1.29, 1.82) is 0 Å². The van der Waals surface area contributed by atoms with Gasteiger partial charge in [-0.15, -0.1) is 0 Å². The van der Waals surface area contributed by atoms with Gasteiger partial charge in [-0.25, -0.2) is 0 Å². The molecular weight excluding hydrogens is 276 g/mol. The number of carbonyl (C=O) groups is 1. The van der Waals surface area contributed by atoms with E-state index in [2.05, 4.69) is 27.5 Å². The van der Waals surface area contributed by atoms with Gasteiger partial charge in [0, 0.05) is 36.6 Å². The Kier molecular flexibility index (Phi) is 3.96. The van der Waals surface area contributed by atoms with Crippen LogP contribution in [0.4, 0.5) is 5.82 Å². The van der Waals surface area contributed by atoms with E-state index in [-0.39, 0.29) is 5.91 Å². The first kappa shape index (κ1) is 14.4. The van der Waals surface area contributed by atoms with Gasteiger partial charge >= 0.3 is 0 Å². The standard InChI is InChI=1S/C17H20N4O/c1-12-10-16(21(2)20-12)19-17(22)9-5-6-13-11-18-15-8-4-3-7-14(13)15/h3-4,7-8,10-11,18H,5-6,9H2,1-2H3,(H,19,22).